The van der Waals surface area contributed by atoms with Crippen LogP contribution in [0.15, 0.2) is 11.1 Å². The molecule has 1 aliphatic rings. The fourth-order valence-corrected chi connectivity index (χ4v) is 2.59. The van der Waals surface area contributed by atoms with Gasteiger partial charge in [-0.2, -0.15) is 5.26 Å². The molecule has 1 fully saturated rings. The van der Waals surface area contributed by atoms with Crippen LogP contribution in [0.5, 0.6) is 0 Å². The first-order chi connectivity index (χ1) is 7.92. The quantitative estimate of drug-likeness (QED) is 0.602. The Morgan fingerprint density at radius 2 is 2.00 bits per heavy atom. The van der Waals surface area contributed by atoms with E-state index >= 15 is 0 Å². The van der Waals surface area contributed by atoms with Gasteiger partial charge in [0.25, 0.3) is 5.91 Å². The second-order valence-corrected chi connectivity index (χ2v) is 5.57. The number of rotatable bonds is 3. The van der Waals surface area contributed by atoms with Gasteiger partial charge in [0.05, 0.1) is 0 Å². The number of nitrogens with two attached hydrogens (primary N) is 1. The van der Waals surface area contributed by atoms with Crippen LogP contribution in [-0.4, -0.2) is 5.91 Å². The molecule has 0 saturated heterocycles. The number of carbonyl (C=O) groups is 1. The van der Waals surface area contributed by atoms with Crippen LogP contribution in [0.4, 0.5) is 0 Å². The molecule has 2 N–H and O–H groups in total. The lowest BCUT2D eigenvalue weighted by atomic mass is 9.68. The number of amides is 1. The van der Waals surface area contributed by atoms with Crippen molar-refractivity contribution in [2.24, 2.45) is 17.1 Å². The number of allylic oxidation sites excluding steroid dienone is 1. The van der Waals surface area contributed by atoms with Gasteiger partial charge in [0.1, 0.15) is 11.6 Å². The number of nitrogens with zero attached hydrogens (tertiary/aromatic N) is 1. The summed E-state index contributed by atoms with van der Waals surface area (Å²) >= 11 is 0. The maximum absolute atomic E-state index is 11.1. The fourth-order valence-electron chi connectivity index (χ4n) is 2.59. The minimum atomic E-state index is -0.573. The smallest absolute Gasteiger partial charge is 0.259 e. The molecule has 1 aliphatic carbocycles. The Balaban J connectivity index is 2.76. The van der Waals surface area contributed by atoms with Gasteiger partial charge in [-0.05, 0) is 42.6 Å². The van der Waals surface area contributed by atoms with Crippen molar-refractivity contribution >= 4 is 5.91 Å². The van der Waals surface area contributed by atoms with Crippen LogP contribution in [0.1, 0.15) is 52.9 Å². The normalized spacial score (nSPS) is 20.8. The molecule has 1 rings (SSSR count). The molecule has 0 spiro atoms. The van der Waals surface area contributed by atoms with Gasteiger partial charge < -0.3 is 5.73 Å². The number of hydrogen-bond acceptors (Lipinski definition) is 2. The second kappa shape index (κ2) is 5.35. The zero-order chi connectivity index (χ0) is 13.1. The molecule has 0 radical (unpaired) electrons. The number of hydrogen-bond donors (Lipinski definition) is 1. The fraction of sp³-hybridized carbons (Fsp3) is 0.714. The van der Waals surface area contributed by atoms with Crippen LogP contribution in [0.25, 0.3) is 0 Å². The van der Waals surface area contributed by atoms with Crippen molar-refractivity contribution < 1.29 is 4.79 Å². The molecule has 0 aromatic heterocycles. The highest BCUT2D eigenvalue weighted by atomic mass is 16.1. The minimum absolute atomic E-state index is 0.192. The van der Waals surface area contributed by atoms with E-state index in [-0.39, 0.29) is 5.57 Å². The number of primary amides is 1. The van der Waals surface area contributed by atoms with Gasteiger partial charge in [-0.15, -0.1) is 0 Å². The Kier molecular flexibility index (Phi) is 4.34. The van der Waals surface area contributed by atoms with Gasteiger partial charge in [0, 0.05) is 0 Å². The molecule has 1 saturated carbocycles. The first-order valence-electron chi connectivity index (χ1n) is 6.34. The summed E-state index contributed by atoms with van der Waals surface area (Å²) in [5, 5.41) is 8.91. The molecule has 0 aliphatic heterocycles. The van der Waals surface area contributed by atoms with Gasteiger partial charge in [-0.3, -0.25) is 4.79 Å². The highest BCUT2D eigenvalue weighted by molar-refractivity contribution is 5.96. The molecule has 94 valence electrons. The summed E-state index contributed by atoms with van der Waals surface area (Å²) in [6, 6.07) is 1.94. The lowest BCUT2D eigenvalue weighted by molar-refractivity contribution is -0.114. The first-order valence-corrected chi connectivity index (χ1v) is 6.34. The lowest BCUT2D eigenvalue weighted by Crippen LogP contribution is -2.27. The lowest BCUT2D eigenvalue weighted by Gasteiger charge is -2.37. The third kappa shape index (κ3) is 3.09. The highest BCUT2D eigenvalue weighted by Gasteiger charge is 2.31. The summed E-state index contributed by atoms with van der Waals surface area (Å²) in [5.41, 5.74) is 6.71. The minimum Gasteiger partial charge on any atom is -0.365 e. The molecule has 0 aromatic carbocycles. The standard InChI is InChI=1S/C14H22N2O/c1-4-14(2,3)11-7-5-10(6-8-11)12(9-15)13(16)17/h11H,4-8H2,1-3H3,(H2,16,17). The van der Waals surface area contributed by atoms with Crippen molar-refractivity contribution in [3.63, 3.8) is 0 Å². The highest BCUT2D eigenvalue weighted by Crippen LogP contribution is 2.42. The molecule has 1 amide bonds. The van der Waals surface area contributed by atoms with Gasteiger partial charge >= 0.3 is 0 Å². The van der Waals surface area contributed by atoms with Crippen molar-refractivity contribution in [1.82, 2.24) is 0 Å². The third-order valence-corrected chi connectivity index (χ3v) is 4.32. The van der Waals surface area contributed by atoms with E-state index in [1.807, 2.05) is 6.07 Å². The second-order valence-electron chi connectivity index (χ2n) is 5.57. The maximum atomic E-state index is 11.1. The van der Waals surface area contributed by atoms with Crippen LogP contribution < -0.4 is 5.73 Å². The van der Waals surface area contributed by atoms with E-state index in [9.17, 15) is 4.79 Å². The van der Waals surface area contributed by atoms with Crippen molar-refractivity contribution in [3.05, 3.63) is 11.1 Å². The van der Waals surface area contributed by atoms with Crippen LogP contribution in [-0.2, 0) is 4.79 Å². The summed E-state index contributed by atoms with van der Waals surface area (Å²) < 4.78 is 0. The largest absolute Gasteiger partial charge is 0.365 e. The summed E-state index contributed by atoms with van der Waals surface area (Å²) in [7, 11) is 0. The molecule has 0 heterocycles. The van der Waals surface area contributed by atoms with Gasteiger partial charge in [0.15, 0.2) is 0 Å². The molecule has 0 unspecified atom stereocenters. The van der Waals surface area contributed by atoms with E-state index in [4.69, 9.17) is 11.0 Å². The Morgan fingerprint density at radius 3 is 2.35 bits per heavy atom. The Morgan fingerprint density at radius 1 is 1.47 bits per heavy atom. The van der Waals surface area contributed by atoms with Crippen LogP contribution in [0.2, 0.25) is 0 Å². The van der Waals surface area contributed by atoms with Crippen molar-refractivity contribution in [2.45, 2.75) is 52.9 Å². The average molecular weight is 234 g/mol. The Bertz CT molecular complexity index is 364. The van der Waals surface area contributed by atoms with E-state index in [0.29, 0.717) is 11.3 Å². The van der Waals surface area contributed by atoms with Crippen molar-refractivity contribution in [3.8, 4) is 6.07 Å². The average Bonchev–Trinajstić information content (AvgIpc) is 2.30. The van der Waals surface area contributed by atoms with E-state index in [0.717, 1.165) is 37.7 Å². The summed E-state index contributed by atoms with van der Waals surface area (Å²) in [5.74, 6) is 0.111. The Labute approximate surface area is 104 Å². The molecule has 0 atom stereocenters. The monoisotopic (exact) mass is 234 g/mol. The SMILES string of the molecule is CCC(C)(C)C1CCC(=C(C#N)C(N)=O)CC1. The van der Waals surface area contributed by atoms with Crippen LogP contribution >= 0.6 is 0 Å². The van der Waals surface area contributed by atoms with Crippen LogP contribution in [0.3, 0.4) is 0 Å². The van der Waals surface area contributed by atoms with Gasteiger partial charge in [-0.25, -0.2) is 0 Å². The van der Waals surface area contributed by atoms with Crippen molar-refractivity contribution in [1.29, 1.82) is 5.26 Å². The van der Waals surface area contributed by atoms with E-state index < -0.39 is 5.91 Å². The summed E-state index contributed by atoms with van der Waals surface area (Å²) in [4.78, 5) is 11.1. The molecule has 0 bridgehead atoms. The molecular weight excluding hydrogens is 212 g/mol. The molecular formula is C14H22N2O. The predicted octanol–water partition coefficient (Wildman–Crippen LogP) is 2.92. The summed E-state index contributed by atoms with van der Waals surface area (Å²) in [6.07, 6.45) is 4.99. The molecule has 3 nitrogen and oxygen atoms in total. The zero-order valence-electron chi connectivity index (χ0n) is 11.0. The number of nitriles is 1. The summed E-state index contributed by atoms with van der Waals surface area (Å²) in [6.45, 7) is 6.81. The third-order valence-electron chi connectivity index (χ3n) is 4.32. The predicted molar refractivity (Wildman–Crippen MR) is 67.9 cm³/mol. The van der Waals surface area contributed by atoms with Gasteiger partial charge in [-0.1, -0.05) is 27.2 Å². The van der Waals surface area contributed by atoms with E-state index in [1.165, 1.54) is 0 Å². The topological polar surface area (TPSA) is 66.9 Å². The Hall–Kier alpha value is -1.30. The maximum Gasteiger partial charge on any atom is 0.259 e. The molecule has 17 heavy (non-hydrogen) atoms. The van der Waals surface area contributed by atoms with Crippen LogP contribution in [0, 0.1) is 22.7 Å². The molecule has 0 aromatic rings. The zero-order valence-corrected chi connectivity index (χ0v) is 11.0. The van der Waals surface area contributed by atoms with Gasteiger partial charge in [0.2, 0.25) is 0 Å². The molecule has 3 heteroatoms. The first kappa shape index (κ1) is 13.8. The van der Waals surface area contributed by atoms with E-state index in [1.54, 1.807) is 0 Å². The van der Waals surface area contributed by atoms with Crippen molar-refractivity contribution in [2.75, 3.05) is 0 Å². The number of carbonyl (C=O) groups excluding carboxylic acids is 1. The van der Waals surface area contributed by atoms with E-state index in [2.05, 4.69) is 20.8 Å².